The molecule has 0 fully saturated rings. The Kier molecular flexibility index (Phi) is 3.11. The molecule has 2 rings (SSSR count). The molecule has 0 N–H and O–H groups in total. The van der Waals surface area contributed by atoms with Gasteiger partial charge in [0, 0.05) is 11.5 Å². The fourth-order valence-corrected chi connectivity index (χ4v) is 2.55. The van der Waals surface area contributed by atoms with E-state index in [4.69, 9.17) is 11.6 Å². The maximum absolute atomic E-state index is 12.0. The van der Waals surface area contributed by atoms with Gasteiger partial charge in [0.25, 0.3) is 0 Å². The van der Waals surface area contributed by atoms with E-state index in [9.17, 15) is 4.79 Å². The highest BCUT2D eigenvalue weighted by Crippen LogP contribution is 2.34. The van der Waals surface area contributed by atoms with Crippen molar-refractivity contribution in [2.75, 3.05) is 0 Å². The molecule has 0 saturated heterocycles. The largest absolute Gasteiger partial charge is 0.294 e. The number of hydrogen-bond acceptors (Lipinski definition) is 1. The fraction of sp³-hybridized carbons (Fsp3) is 0.462. The van der Waals surface area contributed by atoms with Crippen LogP contribution in [0.4, 0.5) is 0 Å². The van der Waals surface area contributed by atoms with E-state index in [1.165, 1.54) is 0 Å². The zero-order valence-electron chi connectivity index (χ0n) is 8.92. The normalized spacial score (nSPS) is 19.3. The molecular weight excluding hydrogens is 208 g/mol. The third kappa shape index (κ3) is 1.93. The fourth-order valence-electron chi connectivity index (χ4n) is 2.26. The Bertz CT molecular complexity index is 384. The summed E-state index contributed by atoms with van der Waals surface area (Å²) in [5.74, 6) is 0.434. The highest BCUT2D eigenvalue weighted by molar-refractivity contribution is 6.34. The number of rotatable bonds is 3. The molecule has 0 aliphatic heterocycles. The molecule has 0 heterocycles. The monoisotopic (exact) mass is 222 g/mol. The van der Waals surface area contributed by atoms with Gasteiger partial charge >= 0.3 is 0 Å². The van der Waals surface area contributed by atoms with E-state index in [2.05, 4.69) is 6.92 Å². The van der Waals surface area contributed by atoms with Crippen molar-refractivity contribution in [2.24, 2.45) is 5.92 Å². The Hall–Kier alpha value is -0.820. The van der Waals surface area contributed by atoms with Gasteiger partial charge in [0.1, 0.15) is 0 Å². The number of ketones is 1. The van der Waals surface area contributed by atoms with Gasteiger partial charge in [0.05, 0.1) is 5.02 Å². The van der Waals surface area contributed by atoms with Crippen molar-refractivity contribution in [3.63, 3.8) is 0 Å². The first-order valence-corrected chi connectivity index (χ1v) is 5.93. The van der Waals surface area contributed by atoms with Crippen LogP contribution in [0.15, 0.2) is 18.2 Å². The van der Waals surface area contributed by atoms with Gasteiger partial charge in [-0.1, -0.05) is 43.5 Å². The lowest BCUT2D eigenvalue weighted by Crippen LogP contribution is -2.08. The number of hydrogen-bond donors (Lipinski definition) is 0. The smallest absolute Gasteiger partial charge is 0.168 e. The van der Waals surface area contributed by atoms with Crippen molar-refractivity contribution < 1.29 is 4.79 Å². The van der Waals surface area contributed by atoms with Gasteiger partial charge in [-0.05, 0) is 24.5 Å². The second kappa shape index (κ2) is 4.36. The van der Waals surface area contributed by atoms with Crippen LogP contribution in [0.3, 0.4) is 0 Å². The number of halogens is 1. The average Bonchev–Trinajstić information content (AvgIpc) is 2.54. The predicted octanol–water partition coefficient (Wildman–Crippen LogP) is 3.89. The summed E-state index contributed by atoms with van der Waals surface area (Å²) in [5, 5.41) is 0.622. The molecule has 0 aromatic heterocycles. The Labute approximate surface area is 95.4 Å². The van der Waals surface area contributed by atoms with Crippen molar-refractivity contribution in [3.05, 3.63) is 34.3 Å². The molecule has 15 heavy (non-hydrogen) atoms. The molecule has 1 nitrogen and oxygen atoms in total. The van der Waals surface area contributed by atoms with Gasteiger partial charge in [-0.3, -0.25) is 4.79 Å². The summed E-state index contributed by atoms with van der Waals surface area (Å²) in [6.45, 7) is 2.15. The van der Waals surface area contributed by atoms with Crippen molar-refractivity contribution in [2.45, 2.75) is 32.6 Å². The third-order valence-electron chi connectivity index (χ3n) is 3.09. The minimum Gasteiger partial charge on any atom is -0.294 e. The molecule has 0 bridgehead atoms. The summed E-state index contributed by atoms with van der Waals surface area (Å²) in [7, 11) is 0. The lowest BCUT2D eigenvalue weighted by molar-refractivity contribution is 0.0929. The topological polar surface area (TPSA) is 17.1 Å². The molecule has 80 valence electrons. The van der Waals surface area contributed by atoms with Gasteiger partial charge in [-0.15, -0.1) is 0 Å². The van der Waals surface area contributed by atoms with Crippen LogP contribution in [0.5, 0.6) is 0 Å². The Morgan fingerprint density at radius 3 is 2.93 bits per heavy atom. The molecule has 0 amide bonds. The molecule has 0 saturated carbocycles. The zero-order chi connectivity index (χ0) is 10.8. The maximum atomic E-state index is 12.0. The van der Waals surface area contributed by atoms with Crippen LogP contribution in [-0.4, -0.2) is 5.78 Å². The van der Waals surface area contributed by atoms with Crippen molar-refractivity contribution in [3.8, 4) is 0 Å². The molecule has 2 heteroatoms. The van der Waals surface area contributed by atoms with Gasteiger partial charge < -0.3 is 0 Å². The third-order valence-corrected chi connectivity index (χ3v) is 3.40. The molecule has 1 atom stereocenters. The van der Waals surface area contributed by atoms with E-state index in [0.717, 1.165) is 36.8 Å². The molecule has 0 radical (unpaired) electrons. The van der Waals surface area contributed by atoms with Crippen LogP contribution in [-0.2, 0) is 6.42 Å². The molecule has 1 aromatic carbocycles. The van der Waals surface area contributed by atoms with Crippen molar-refractivity contribution in [1.82, 2.24) is 0 Å². The lowest BCUT2D eigenvalue weighted by atomic mass is 9.98. The van der Waals surface area contributed by atoms with Crippen LogP contribution < -0.4 is 0 Å². The Balaban J connectivity index is 2.22. The first-order valence-electron chi connectivity index (χ1n) is 5.55. The summed E-state index contributed by atoms with van der Waals surface area (Å²) < 4.78 is 0. The summed E-state index contributed by atoms with van der Waals surface area (Å²) in [4.78, 5) is 12.0. The molecular formula is C13H15ClO. The second-order valence-electron chi connectivity index (χ2n) is 4.18. The summed E-state index contributed by atoms with van der Waals surface area (Å²) in [5.41, 5.74) is 1.91. The van der Waals surface area contributed by atoms with Crippen LogP contribution in [0.2, 0.25) is 5.02 Å². The van der Waals surface area contributed by atoms with Crippen molar-refractivity contribution >= 4 is 17.4 Å². The van der Waals surface area contributed by atoms with Crippen LogP contribution >= 0.6 is 11.6 Å². The lowest BCUT2D eigenvalue weighted by Gasteiger charge is -2.05. The van der Waals surface area contributed by atoms with E-state index in [-0.39, 0.29) is 11.7 Å². The van der Waals surface area contributed by atoms with Gasteiger partial charge in [-0.25, -0.2) is 0 Å². The summed E-state index contributed by atoms with van der Waals surface area (Å²) in [6.07, 6.45) is 4.16. The van der Waals surface area contributed by atoms with Crippen molar-refractivity contribution in [1.29, 1.82) is 0 Å². The molecule has 1 unspecified atom stereocenters. The number of unbranched alkanes of at least 4 members (excludes halogenated alkanes) is 1. The second-order valence-corrected chi connectivity index (χ2v) is 4.59. The number of Topliss-reactive ketones (excluding diaryl/α,β-unsaturated/α-hetero) is 1. The van der Waals surface area contributed by atoms with Crippen LogP contribution in [0.1, 0.15) is 42.1 Å². The highest BCUT2D eigenvalue weighted by Gasteiger charge is 2.31. The molecule has 1 aromatic rings. The zero-order valence-corrected chi connectivity index (χ0v) is 9.68. The number of benzene rings is 1. The standard InChI is InChI=1S/C13H15ClO/c1-2-3-5-10-8-9-6-4-7-11(14)12(9)13(10)15/h4,6-7,10H,2-3,5,8H2,1H3. The van der Waals surface area contributed by atoms with Gasteiger partial charge in [-0.2, -0.15) is 0 Å². The van der Waals surface area contributed by atoms with E-state index in [1.54, 1.807) is 6.07 Å². The van der Waals surface area contributed by atoms with E-state index in [0.29, 0.717) is 5.02 Å². The quantitative estimate of drug-likeness (QED) is 0.759. The van der Waals surface area contributed by atoms with E-state index < -0.39 is 0 Å². The van der Waals surface area contributed by atoms with Crippen LogP contribution in [0.25, 0.3) is 0 Å². The number of fused-ring (bicyclic) bond motifs is 1. The van der Waals surface area contributed by atoms with Gasteiger partial charge in [0.15, 0.2) is 5.78 Å². The predicted molar refractivity (Wildman–Crippen MR) is 62.5 cm³/mol. The number of carbonyl (C=O) groups is 1. The van der Waals surface area contributed by atoms with Crippen LogP contribution in [0, 0.1) is 5.92 Å². The minimum atomic E-state index is 0.180. The summed E-state index contributed by atoms with van der Waals surface area (Å²) >= 11 is 6.04. The molecule has 1 aliphatic rings. The maximum Gasteiger partial charge on any atom is 0.168 e. The SMILES string of the molecule is CCCCC1Cc2cccc(Cl)c2C1=O. The molecule has 0 spiro atoms. The van der Waals surface area contributed by atoms with E-state index >= 15 is 0 Å². The summed E-state index contributed by atoms with van der Waals surface area (Å²) in [6, 6.07) is 5.75. The van der Waals surface area contributed by atoms with Gasteiger partial charge in [0.2, 0.25) is 0 Å². The minimum absolute atomic E-state index is 0.180. The first-order chi connectivity index (χ1) is 7.24. The Morgan fingerprint density at radius 1 is 1.47 bits per heavy atom. The number of carbonyl (C=O) groups excluding carboxylic acids is 1. The van der Waals surface area contributed by atoms with E-state index in [1.807, 2.05) is 12.1 Å². The Morgan fingerprint density at radius 2 is 2.27 bits per heavy atom. The first kappa shape index (κ1) is 10.7. The molecule has 1 aliphatic carbocycles. The highest BCUT2D eigenvalue weighted by atomic mass is 35.5. The average molecular weight is 223 g/mol.